The average Bonchev–Trinajstić information content (AvgIpc) is 2.84. The van der Waals surface area contributed by atoms with Gasteiger partial charge < -0.3 is 10.5 Å². The Morgan fingerprint density at radius 2 is 1.18 bits per heavy atom. The number of benzene rings is 2. The lowest BCUT2D eigenvalue weighted by Gasteiger charge is -2.13. The largest absolute Gasteiger partial charge is 0.399 e. The van der Waals surface area contributed by atoms with Crippen LogP contribution >= 0.6 is 0 Å². The number of imide groups is 1. The summed E-state index contributed by atoms with van der Waals surface area (Å²) >= 11 is 0. The second kappa shape index (κ2) is 7.54. The van der Waals surface area contributed by atoms with Gasteiger partial charge in [-0.1, -0.05) is 12.1 Å². The standard InChI is InChI=1S/C14H10N2O2.C2H4.CH2O/c15-9-5-7-10(8-6-9)16-13(17)11-3-1-2-4-12(11)14(16)18;2*1-2/h1-8H,15H2;1-2H2;1H2. The van der Waals surface area contributed by atoms with Gasteiger partial charge in [-0.3, -0.25) is 9.59 Å². The van der Waals surface area contributed by atoms with Gasteiger partial charge in [0.05, 0.1) is 16.8 Å². The van der Waals surface area contributed by atoms with E-state index < -0.39 is 0 Å². The van der Waals surface area contributed by atoms with Crippen LogP contribution in [0.2, 0.25) is 0 Å². The van der Waals surface area contributed by atoms with E-state index in [0.29, 0.717) is 22.5 Å². The molecule has 0 saturated carbocycles. The van der Waals surface area contributed by atoms with Gasteiger partial charge in [0.25, 0.3) is 11.8 Å². The summed E-state index contributed by atoms with van der Waals surface area (Å²) in [7, 11) is 0. The van der Waals surface area contributed by atoms with E-state index in [1.54, 1.807) is 48.5 Å². The Hall–Kier alpha value is -3.21. The first kappa shape index (κ1) is 16.8. The third-order valence-corrected chi connectivity index (χ3v) is 2.95. The molecule has 2 amide bonds. The summed E-state index contributed by atoms with van der Waals surface area (Å²) in [6.45, 7) is 8.00. The quantitative estimate of drug-likeness (QED) is 0.498. The van der Waals surface area contributed by atoms with Crippen molar-refractivity contribution in [2.45, 2.75) is 0 Å². The van der Waals surface area contributed by atoms with Crippen molar-refractivity contribution in [3.63, 3.8) is 0 Å². The van der Waals surface area contributed by atoms with Crippen molar-refractivity contribution < 1.29 is 14.4 Å². The van der Waals surface area contributed by atoms with Crippen molar-refractivity contribution in [2.24, 2.45) is 0 Å². The molecule has 0 atom stereocenters. The van der Waals surface area contributed by atoms with Gasteiger partial charge in [0, 0.05) is 5.69 Å². The number of amides is 2. The molecule has 0 aromatic heterocycles. The van der Waals surface area contributed by atoms with Crippen LogP contribution in [-0.2, 0) is 4.79 Å². The Kier molecular flexibility index (Phi) is 5.77. The van der Waals surface area contributed by atoms with Crippen LogP contribution in [0.5, 0.6) is 0 Å². The van der Waals surface area contributed by atoms with Crippen LogP contribution in [0.1, 0.15) is 20.7 Å². The summed E-state index contributed by atoms with van der Waals surface area (Å²) in [5.41, 5.74) is 7.61. The van der Waals surface area contributed by atoms with E-state index in [2.05, 4.69) is 13.2 Å². The summed E-state index contributed by atoms with van der Waals surface area (Å²) in [5, 5.41) is 0. The monoisotopic (exact) mass is 296 g/mol. The SMILES string of the molecule is C=C.C=O.Nc1ccc(N2C(=O)c3ccccc3C2=O)cc1. The van der Waals surface area contributed by atoms with E-state index >= 15 is 0 Å². The molecule has 0 aliphatic carbocycles. The van der Waals surface area contributed by atoms with Crippen molar-refractivity contribution in [2.75, 3.05) is 10.6 Å². The van der Waals surface area contributed by atoms with Crippen molar-refractivity contribution in [3.8, 4) is 0 Å². The Morgan fingerprint density at radius 1 is 0.773 bits per heavy atom. The van der Waals surface area contributed by atoms with Gasteiger partial charge >= 0.3 is 0 Å². The molecule has 3 rings (SSSR count). The predicted octanol–water partition coefficient (Wildman–Crippen LogP) is 2.69. The zero-order chi connectivity index (χ0) is 16.7. The molecule has 0 spiro atoms. The first-order chi connectivity index (χ1) is 10.7. The maximum absolute atomic E-state index is 12.2. The molecule has 22 heavy (non-hydrogen) atoms. The molecule has 0 bridgehead atoms. The van der Waals surface area contributed by atoms with E-state index in [9.17, 15) is 9.59 Å². The van der Waals surface area contributed by atoms with Gasteiger partial charge in [0.1, 0.15) is 6.79 Å². The first-order valence-electron chi connectivity index (χ1n) is 6.31. The smallest absolute Gasteiger partial charge is 0.266 e. The molecule has 1 heterocycles. The van der Waals surface area contributed by atoms with Gasteiger partial charge in [-0.2, -0.15) is 0 Å². The Balaban J connectivity index is 0.000000561. The first-order valence-corrected chi connectivity index (χ1v) is 6.31. The van der Waals surface area contributed by atoms with E-state index in [1.165, 1.54) is 4.90 Å². The maximum atomic E-state index is 12.2. The zero-order valence-electron chi connectivity index (χ0n) is 12.0. The van der Waals surface area contributed by atoms with Crippen LogP contribution in [0.3, 0.4) is 0 Å². The predicted molar refractivity (Wildman–Crippen MR) is 86.8 cm³/mol. The minimum atomic E-state index is -0.291. The summed E-state index contributed by atoms with van der Waals surface area (Å²) < 4.78 is 0. The van der Waals surface area contributed by atoms with E-state index in [-0.39, 0.29) is 11.8 Å². The molecule has 1 aliphatic rings. The molecule has 5 nitrogen and oxygen atoms in total. The fourth-order valence-corrected chi connectivity index (χ4v) is 2.05. The van der Waals surface area contributed by atoms with Crippen LogP contribution < -0.4 is 10.6 Å². The molecule has 2 N–H and O–H groups in total. The highest BCUT2D eigenvalue weighted by Gasteiger charge is 2.35. The Labute approximate surface area is 128 Å². The molecule has 0 saturated heterocycles. The van der Waals surface area contributed by atoms with E-state index in [1.807, 2.05) is 6.79 Å². The highest BCUT2D eigenvalue weighted by atomic mass is 16.2. The average molecular weight is 296 g/mol. The second-order valence-electron chi connectivity index (χ2n) is 4.08. The number of hydrogen-bond acceptors (Lipinski definition) is 4. The zero-order valence-corrected chi connectivity index (χ0v) is 12.0. The lowest BCUT2D eigenvalue weighted by molar-refractivity contribution is -0.0980. The lowest BCUT2D eigenvalue weighted by Crippen LogP contribution is -2.29. The van der Waals surface area contributed by atoms with E-state index in [0.717, 1.165) is 0 Å². The third-order valence-electron chi connectivity index (χ3n) is 2.95. The van der Waals surface area contributed by atoms with Crippen LogP contribution in [0.25, 0.3) is 0 Å². The van der Waals surface area contributed by atoms with E-state index in [4.69, 9.17) is 10.5 Å². The summed E-state index contributed by atoms with van der Waals surface area (Å²) in [4.78, 5) is 33.5. The highest BCUT2D eigenvalue weighted by molar-refractivity contribution is 6.34. The van der Waals surface area contributed by atoms with Crippen molar-refractivity contribution in [1.82, 2.24) is 0 Å². The molecular weight excluding hydrogens is 280 g/mol. The minimum absolute atomic E-state index is 0.291. The number of anilines is 2. The lowest BCUT2D eigenvalue weighted by atomic mass is 10.1. The van der Waals surface area contributed by atoms with Gasteiger partial charge in [-0.25, -0.2) is 4.90 Å². The summed E-state index contributed by atoms with van der Waals surface area (Å²) in [5.74, 6) is -0.583. The van der Waals surface area contributed by atoms with Crippen LogP contribution in [-0.4, -0.2) is 18.6 Å². The number of hydrogen-bond donors (Lipinski definition) is 1. The fourth-order valence-electron chi connectivity index (χ4n) is 2.05. The maximum Gasteiger partial charge on any atom is 0.266 e. The number of fused-ring (bicyclic) bond motifs is 1. The second-order valence-corrected chi connectivity index (χ2v) is 4.08. The number of nitrogen functional groups attached to an aromatic ring is 1. The van der Waals surface area contributed by atoms with Gasteiger partial charge in [0.2, 0.25) is 0 Å². The number of nitrogens with zero attached hydrogens (tertiary/aromatic N) is 1. The van der Waals surface area contributed by atoms with Gasteiger partial charge in [-0.15, -0.1) is 13.2 Å². The van der Waals surface area contributed by atoms with Crippen molar-refractivity contribution in [3.05, 3.63) is 72.8 Å². The molecule has 0 fully saturated rings. The molecule has 1 aliphatic heterocycles. The molecule has 2 aromatic rings. The van der Waals surface area contributed by atoms with Crippen molar-refractivity contribution in [1.29, 1.82) is 0 Å². The molecule has 2 aromatic carbocycles. The Bertz CT molecular complexity index is 644. The summed E-state index contributed by atoms with van der Waals surface area (Å²) in [6, 6.07) is 13.5. The highest BCUT2D eigenvalue weighted by Crippen LogP contribution is 2.28. The summed E-state index contributed by atoms with van der Waals surface area (Å²) in [6.07, 6.45) is 0. The van der Waals surface area contributed by atoms with Crippen LogP contribution in [0, 0.1) is 0 Å². The van der Waals surface area contributed by atoms with Gasteiger partial charge in [-0.05, 0) is 36.4 Å². The number of carbonyl (C=O) groups excluding carboxylic acids is 3. The number of rotatable bonds is 1. The molecule has 112 valence electrons. The fraction of sp³-hybridized carbons (Fsp3) is 0. The molecular formula is C17H16N2O3. The van der Waals surface area contributed by atoms with Crippen molar-refractivity contribution >= 4 is 30.0 Å². The van der Waals surface area contributed by atoms with Gasteiger partial charge in [0.15, 0.2) is 0 Å². The van der Waals surface area contributed by atoms with Crippen LogP contribution in [0.15, 0.2) is 61.7 Å². The number of carbonyl (C=O) groups is 3. The number of nitrogens with two attached hydrogens (primary N) is 1. The molecule has 0 unspecified atom stereocenters. The molecule has 5 heteroatoms. The normalized spacial score (nSPS) is 11.7. The minimum Gasteiger partial charge on any atom is -0.399 e. The Morgan fingerprint density at radius 3 is 1.59 bits per heavy atom. The topological polar surface area (TPSA) is 80.5 Å². The molecule has 0 radical (unpaired) electrons. The van der Waals surface area contributed by atoms with Crippen LogP contribution in [0.4, 0.5) is 11.4 Å². The third kappa shape index (κ3) is 2.93.